The van der Waals surface area contributed by atoms with Crippen LogP contribution in [-0.2, 0) is 0 Å². The van der Waals surface area contributed by atoms with Gasteiger partial charge in [-0.15, -0.1) is 0 Å². The summed E-state index contributed by atoms with van der Waals surface area (Å²) in [5.74, 6) is 0. The molecule has 0 aliphatic rings. The van der Waals surface area contributed by atoms with Crippen LogP contribution in [0.15, 0.2) is 95.2 Å². The van der Waals surface area contributed by atoms with Crippen molar-refractivity contribution in [1.82, 2.24) is 19.9 Å². The minimum atomic E-state index is 0.297. The van der Waals surface area contributed by atoms with Crippen molar-refractivity contribution < 1.29 is 0 Å². The standard InChI is InChI=1S/C23H18N6/c1-3-13-26-20(9-1)22-11-5-7-18(28-22)15-24-17-25-16-19-8-6-12-23(29-19)21-10-2-4-14-27-21/h1-16H,17H2/b24-15+,25-16+. The molecule has 0 unspecified atom stereocenters. The van der Waals surface area contributed by atoms with E-state index in [1.165, 1.54) is 0 Å². The van der Waals surface area contributed by atoms with Gasteiger partial charge in [-0.05, 0) is 48.5 Å². The highest BCUT2D eigenvalue weighted by Gasteiger charge is 2.01. The molecular weight excluding hydrogens is 360 g/mol. The molecule has 0 saturated carbocycles. The lowest BCUT2D eigenvalue weighted by atomic mass is 10.2. The molecule has 0 atom stereocenters. The molecule has 4 aromatic rings. The lowest BCUT2D eigenvalue weighted by Gasteiger charge is -2.00. The van der Waals surface area contributed by atoms with E-state index in [-0.39, 0.29) is 0 Å². The fraction of sp³-hybridized carbons (Fsp3) is 0.0435. The molecular formula is C23H18N6. The molecule has 4 heterocycles. The molecule has 0 N–H and O–H groups in total. The van der Waals surface area contributed by atoms with E-state index < -0.39 is 0 Å². The topological polar surface area (TPSA) is 76.3 Å². The third-order valence-electron chi connectivity index (χ3n) is 4.01. The number of aliphatic imine (C=N–C) groups is 2. The maximum Gasteiger partial charge on any atom is 0.129 e. The smallest absolute Gasteiger partial charge is 0.129 e. The Hall–Kier alpha value is -4.06. The van der Waals surface area contributed by atoms with Gasteiger partial charge in [0.05, 0.1) is 34.2 Å². The second-order valence-electron chi connectivity index (χ2n) is 6.09. The molecule has 4 rings (SSSR count). The van der Waals surface area contributed by atoms with Gasteiger partial charge in [-0.1, -0.05) is 24.3 Å². The Bertz CT molecular complexity index is 1030. The van der Waals surface area contributed by atoms with E-state index in [0.717, 1.165) is 34.2 Å². The first kappa shape index (κ1) is 18.3. The van der Waals surface area contributed by atoms with Crippen molar-refractivity contribution in [3.05, 3.63) is 96.6 Å². The molecule has 0 radical (unpaired) electrons. The fourth-order valence-corrected chi connectivity index (χ4v) is 2.68. The van der Waals surface area contributed by atoms with Crippen molar-refractivity contribution in [2.75, 3.05) is 6.67 Å². The fourth-order valence-electron chi connectivity index (χ4n) is 2.68. The average molecular weight is 378 g/mol. The summed E-state index contributed by atoms with van der Waals surface area (Å²) in [6.45, 7) is 0.297. The number of hydrogen-bond acceptors (Lipinski definition) is 6. The SMILES string of the molecule is C(=N\C/N=C/c1cccc(-c2ccccn2)n1)/c1cccc(-c2ccccn2)n1. The average Bonchev–Trinajstić information content (AvgIpc) is 2.80. The van der Waals surface area contributed by atoms with Crippen LogP contribution in [0.2, 0.25) is 0 Å². The van der Waals surface area contributed by atoms with Gasteiger partial charge in [0, 0.05) is 24.8 Å². The minimum Gasteiger partial charge on any atom is -0.268 e. The molecule has 0 fully saturated rings. The first-order valence-corrected chi connectivity index (χ1v) is 9.15. The van der Waals surface area contributed by atoms with Crippen LogP contribution < -0.4 is 0 Å². The van der Waals surface area contributed by atoms with Gasteiger partial charge in [-0.3, -0.25) is 20.0 Å². The van der Waals surface area contributed by atoms with Crippen LogP contribution in [-0.4, -0.2) is 39.0 Å². The van der Waals surface area contributed by atoms with Gasteiger partial charge in [0.1, 0.15) is 6.67 Å². The second kappa shape index (κ2) is 9.23. The van der Waals surface area contributed by atoms with E-state index >= 15 is 0 Å². The zero-order valence-electron chi connectivity index (χ0n) is 15.6. The van der Waals surface area contributed by atoms with Crippen LogP contribution in [0.4, 0.5) is 0 Å². The maximum atomic E-state index is 4.56. The second-order valence-corrected chi connectivity index (χ2v) is 6.09. The first-order chi connectivity index (χ1) is 14.4. The van der Waals surface area contributed by atoms with Gasteiger partial charge in [-0.2, -0.15) is 0 Å². The molecule has 0 aromatic carbocycles. The highest BCUT2D eigenvalue weighted by Crippen LogP contribution is 2.14. The predicted molar refractivity (Wildman–Crippen MR) is 115 cm³/mol. The van der Waals surface area contributed by atoms with Gasteiger partial charge < -0.3 is 0 Å². The van der Waals surface area contributed by atoms with E-state index in [4.69, 9.17) is 0 Å². The van der Waals surface area contributed by atoms with Crippen molar-refractivity contribution in [3.8, 4) is 22.8 Å². The van der Waals surface area contributed by atoms with E-state index in [1.54, 1.807) is 24.8 Å². The number of aromatic nitrogens is 4. The van der Waals surface area contributed by atoms with Gasteiger partial charge in [0.15, 0.2) is 0 Å². The van der Waals surface area contributed by atoms with E-state index in [1.807, 2.05) is 72.8 Å². The third kappa shape index (κ3) is 5.01. The van der Waals surface area contributed by atoms with Crippen molar-refractivity contribution in [3.63, 3.8) is 0 Å². The van der Waals surface area contributed by atoms with Crippen LogP contribution in [0.1, 0.15) is 11.4 Å². The summed E-state index contributed by atoms with van der Waals surface area (Å²) in [7, 11) is 0. The molecule has 0 amide bonds. The molecule has 0 aliphatic carbocycles. The van der Waals surface area contributed by atoms with Crippen LogP contribution in [0.5, 0.6) is 0 Å². The minimum absolute atomic E-state index is 0.297. The monoisotopic (exact) mass is 378 g/mol. The summed E-state index contributed by atoms with van der Waals surface area (Å²) >= 11 is 0. The van der Waals surface area contributed by atoms with Gasteiger partial charge in [-0.25, -0.2) is 9.97 Å². The van der Waals surface area contributed by atoms with Crippen LogP contribution in [0, 0.1) is 0 Å². The Kier molecular flexibility index (Phi) is 5.83. The number of rotatable bonds is 6. The maximum absolute atomic E-state index is 4.56. The first-order valence-electron chi connectivity index (χ1n) is 9.15. The molecule has 0 aliphatic heterocycles. The molecule has 6 nitrogen and oxygen atoms in total. The third-order valence-corrected chi connectivity index (χ3v) is 4.01. The quantitative estimate of drug-likeness (QED) is 0.473. The lowest BCUT2D eigenvalue weighted by molar-refractivity contribution is 1.08. The summed E-state index contributed by atoms with van der Waals surface area (Å²) in [4.78, 5) is 26.4. The van der Waals surface area contributed by atoms with Crippen molar-refractivity contribution in [2.45, 2.75) is 0 Å². The Balaban J connectivity index is 1.39. The molecule has 0 saturated heterocycles. The number of pyridine rings is 4. The van der Waals surface area contributed by atoms with Crippen molar-refractivity contribution in [1.29, 1.82) is 0 Å². The summed E-state index contributed by atoms with van der Waals surface area (Å²) in [5.41, 5.74) is 4.82. The Morgan fingerprint density at radius 1 is 0.552 bits per heavy atom. The molecule has 0 bridgehead atoms. The normalized spacial score (nSPS) is 11.3. The largest absolute Gasteiger partial charge is 0.268 e. The summed E-state index contributed by atoms with van der Waals surface area (Å²) in [6.07, 6.45) is 6.93. The van der Waals surface area contributed by atoms with Gasteiger partial charge in [0.2, 0.25) is 0 Å². The highest BCUT2D eigenvalue weighted by atomic mass is 14.9. The van der Waals surface area contributed by atoms with Crippen LogP contribution >= 0.6 is 0 Å². The molecule has 4 aromatic heterocycles. The zero-order chi connectivity index (χ0) is 19.7. The molecule has 29 heavy (non-hydrogen) atoms. The molecule has 6 heteroatoms. The van der Waals surface area contributed by atoms with Crippen LogP contribution in [0.3, 0.4) is 0 Å². The van der Waals surface area contributed by atoms with E-state index in [9.17, 15) is 0 Å². The summed E-state index contributed by atoms with van der Waals surface area (Å²) in [5, 5.41) is 0. The summed E-state index contributed by atoms with van der Waals surface area (Å²) < 4.78 is 0. The number of nitrogens with zero attached hydrogens (tertiary/aromatic N) is 6. The van der Waals surface area contributed by atoms with E-state index in [0.29, 0.717) is 6.67 Å². The Morgan fingerprint density at radius 3 is 1.48 bits per heavy atom. The molecule has 140 valence electrons. The molecule has 0 spiro atoms. The van der Waals surface area contributed by atoms with Crippen molar-refractivity contribution >= 4 is 12.4 Å². The zero-order valence-corrected chi connectivity index (χ0v) is 15.6. The summed E-state index contributed by atoms with van der Waals surface area (Å²) in [6, 6.07) is 23.0. The van der Waals surface area contributed by atoms with Crippen LogP contribution in [0.25, 0.3) is 22.8 Å². The highest BCUT2D eigenvalue weighted by molar-refractivity contribution is 5.79. The Morgan fingerprint density at radius 2 is 1.03 bits per heavy atom. The Labute approximate surface area is 168 Å². The van der Waals surface area contributed by atoms with E-state index in [2.05, 4.69) is 29.9 Å². The van der Waals surface area contributed by atoms with Crippen molar-refractivity contribution in [2.24, 2.45) is 9.98 Å². The van der Waals surface area contributed by atoms with Gasteiger partial charge >= 0.3 is 0 Å². The number of hydrogen-bond donors (Lipinski definition) is 0. The lowest BCUT2D eigenvalue weighted by Crippen LogP contribution is -1.94. The predicted octanol–water partition coefficient (Wildman–Crippen LogP) is 4.10. The van der Waals surface area contributed by atoms with Gasteiger partial charge in [0.25, 0.3) is 0 Å².